The molecule has 4 aromatic carbocycles. The van der Waals surface area contributed by atoms with E-state index in [9.17, 15) is 0 Å². The van der Waals surface area contributed by atoms with Gasteiger partial charge < -0.3 is 8.37 Å². The van der Waals surface area contributed by atoms with Crippen molar-refractivity contribution < 1.29 is 8.37 Å². The zero-order chi connectivity index (χ0) is 22.2. The van der Waals surface area contributed by atoms with Crippen molar-refractivity contribution in [3.05, 3.63) is 96.1 Å². The topological polar surface area (TPSA) is 18.5 Å². The van der Waals surface area contributed by atoms with Crippen molar-refractivity contribution >= 4 is 66.0 Å². The summed E-state index contributed by atoms with van der Waals surface area (Å²) in [6.07, 6.45) is 8.53. The summed E-state index contributed by atoms with van der Waals surface area (Å²) in [6, 6.07) is 26.0. The second-order valence-electron chi connectivity index (χ2n) is 8.25. The molecule has 6 rings (SSSR count). The summed E-state index contributed by atoms with van der Waals surface area (Å²) in [5, 5.41) is 9.33. The van der Waals surface area contributed by atoms with Gasteiger partial charge in [-0.1, -0.05) is 72.8 Å². The summed E-state index contributed by atoms with van der Waals surface area (Å²) in [6.45, 7) is 2.65. The maximum atomic E-state index is 6.48. The van der Waals surface area contributed by atoms with Crippen LogP contribution in [0.5, 0.6) is 0 Å². The number of rotatable bonds is 5. The van der Waals surface area contributed by atoms with Crippen molar-refractivity contribution in [2.45, 2.75) is 22.8 Å². The lowest BCUT2D eigenvalue weighted by Crippen LogP contribution is -2.13. The van der Waals surface area contributed by atoms with Gasteiger partial charge in [-0.05, 0) is 96.1 Å². The van der Waals surface area contributed by atoms with Crippen LogP contribution in [0.4, 0.5) is 0 Å². The predicted molar refractivity (Wildman–Crippen MR) is 146 cm³/mol. The first-order valence-electron chi connectivity index (χ1n) is 11.1. The van der Waals surface area contributed by atoms with Crippen molar-refractivity contribution in [1.82, 2.24) is 0 Å². The average Bonchev–Trinajstić information content (AvgIpc) is 2.85. The van der Waals surface area contributed by atoms with E-state index >= 15 is 0 Å². The van der Waals surface area contributed by atoms with Gasteiger partial charge >= 0.3 is 0 Å². The second-order valence-corrected chi connectivity index (χ2v) is 11.3. The van der Waals surface area contributed by atoms with E-state index in [0.717, 1.165) is 0 Å². The van der Waals surface area contributed by atoms with E-state index in [1.165, 1.54) is 42.5 Å². The molecule has 2 heterocycles. The maximum Gasteiger partial charge on any atom is 0.0937 e. The van der Waals surface area contributed by atoms with Gasteiger partial charge in [0.25, 0.3) is 0 Å². The van der Waals surface area contributed by atoms with Crippen LogP contribution < -0.4 is 0 Å². The van der Waals surface area contributed by atoms with Crippen LogP contribution in [-0.4, -0.2) is 23.4 Å². The molecule has 0 N–H and O–H groups in total. The molecule has 164 valence electrons. The van der Waals surface area contributed by atoms with Crippen molar-refractivity contribution in [2.24, 2.45) is 0 Å². The first-order chi connectivity index (χ1) is 16.2. The zero-order valence-electron chi connectivity index (χ0n) is 18.3. The fourth-order valence-corrected chi connectivity index (χ4v) is 7.28. The van der Waals surface area contributed by atoms with E-state index < -0.39 is 0 Å². The minimum Gasteiger partial charge on any atom is -0.315 e. The van der Waals surface area contributed by atoms with E-state index in [2.05, 4.69) is 115 Å². The molecule has 2 aliphatic rings. The van der Waals surface area contributed by atoms with Gasteiger partial charge in [0.2, 0.25) is 0 Å². The highest BCUT2D eigenvalue weighted by atomic mass is 32.2. The Morgan fingerprint density at radius 2 is 1.15 bits per heavy atom. The van der Waals surface area contributed by atoms with Gasteiger partial charge in [-0.3, -0.25) is 0 Å². The van der Waals surface area contributed by atoms with E-state index in [1.54, 1.807) is 0 Å². The highest BCUT2D eigenvalue weighted by molar-refractivity contribution is 8.11. The van der Waals surface area contributed by atoms with Gasteiger partial charge in [0.05, 0.1) is 12.7 Å². The van der Waals surface area contributed by atoms with Gasteiger partial charge in [-0.25, -0.2) is 0 Å². The molecule has 0 fully saturated rings. The summed E-state index contributed by atoms with van der Waals surface area (Å²) in [4.78, 5) is 2.49. The Balaban J connectivity index is 1.19. The Hall–Kier alpha value is -2.76. The molecule has 33 heavy (non-hydrogen) atoms. The van der Waals surface area contributed by atoms with Crippen molar-refractivity contribution in [2.75, 3.05) is 6.61 Å². The molecule has 0 saturated carbocycles. The van der Waals surface area contributed by atoms with Gasteiger partial charge in [0.1, 0.15) is 0 Å². The minimum absolute atomic E-state index is 0.0221. The normalized spacial score (nSPS) is 19.5. The van der Waals surface area contributed by atoms with Crippen molar-refractivity contribution in [3.8, 4) is 0 Å². The fraction of sp³-hybridized carbons (Fsp3) is 0.103. The van der Waals surface area contributed by atoms with Gasteiger partial charge in [0.15, 0.2) is 0 Å². The zero-order valence-corrected chi connectivity index (χ0v) is 19.9. The lowest BCUT2D eigenvalue weighted by molar-refractivity contribution is 0.181. The second kappa shape index (κ2) is 8.88. The summed E-state index contributed by atoms with van der Waals surface area (Å²) in [7, 11) is -0.768. The quantitative estimate of drug-likeness (QED) is 0.278. The molecule has 0 spiro atoms. The number of hydrogen-bond acceptors (Lipinski definition) is 2. The number of hydrogen-bond donors (Lipinski definition) is 0. The van der Waals surface area contributed by atoms with Crippen LogP contribution in [-0.2, 0) is 8.37 Å². The molecule has 4 heteroatoms. The van der Waals surface area contributed by atoms with Crippen LogP contribution in [0.1, 0.15) is 18.1 Å². The number of benzene rings is 4. The first kappa shape index (κ1) is 20.8. The molecule has 3 atom stereocenters. The van der Waals surface area contributed by atoms with Crippen LogP contribution >= 0.6 is 21.5 Å². The molecule has 0 amide bonds. The molecule has 4 aromatic rings. The third kappa shape index (κ3) is 4.16. The smallest absolute Gasteiger partial charge is 0.0937 e. The Morgan fingerprint density at radius 1 is 0.667 bits per heavy atom. The Bertz CT molecular complexity index is 1510. The number of allylic oxidation sites excluding steroid dienone is 2. The summed E-state index contributed by atoms with van der Waals surface area (Å²) in [5.74, 6) is 0. The molecule has 0 bridgehead atoms. The van der Waals surface area contributed by atoms with Crippen LogP contribution in [0, 0.1) is 0 Å². The lowest BCUT2D eigenvalue weighted by Gasteiger charge is -2.22. The standard InChI is InChI=1S/C29H24O2S2/c1-21(31-33-15-7-13-27-17-23-9-3-5-11-25(23)19-29(27)33)20-30-32-14-6-12-26-16-22-8-2-4-10-24(22)18-28(26)32/h2-19,21H,20H2,1H3. The van der Waals surface area contributed by atoms with Crippen LogP contribution in [0.2, 0.25) is 0 Å². The lowest BCUT2D eigenvalue weighted by atomic mass is 10.1. The molecule has 0 saturated heterocycles. The van der Waals surface area contributed by atoms with Crippen LogP contribution in [0.3, 0.4) is 0 Å². The third-order valence-corrected chi connectivity index (χ3v) is 9.15. The van der Waals surface area contributed by atoms with Crippen molar-refractivity contribution in [1.29, 1.82) is 0 Å². The van der Waals surface area contributed by atoms with E-state index in [1.807, 2.05) is 0 Å². The average molecular weight is 469 g/mol. The SMILES string of the molecule is CC(COS1=CC=Cc2cc3ccccc3cc21)OS1=CC=Cc2cc3ccccc3cc21. The monoisotopic (exact) mass is 468 g/mol. The van der Waals surface area contributed by atoms with Crippen LogP contribution in [0.15, 0.2) is 94.7 Å². The largest absolute Gasteiger partial charge is 0.315 e. The Morgan fingerprint density at radius 3 is 1.73 bits per heavy atom. The maximum absolute atomic E-state index is 6.48. The van der Waals surface area contributed by atoms with E-state index in [-0.39, 0.29) is 27.6 Å². The highest BCUT2D eigenvalue weighted by Gasteiger charge is 2.16. The minimum atomic E-state index is -0.389. The molecular weight excluding hydrogens is 444 g/mol. The molecule has 0 aliphatic carbocycles. The summed E-state index contributed by atoms with van der Waals surface area (Å²) in [5.41, 5.74) is 2.47. The van der Waals surface area contributed by atoms with Crippen molar-refractivity contribution in [3.63, 3.8) is 0 Å². The highest BCUT2D eigenvalue weighted by Crippen LogP contribution is 2.40. The Kier molecular flexibility index (Phi) is 5.60. The molecule has 0 radical (unpaired) electrons. The fourth-order valence-electron chi connectivity index (χ4n) is 4.22. The summed E-state index contributed by atoms with van der Waals surface area (Å²) >= 11 is 0. The van der Waals surface area contributed by atoms with Gasteiger partial charge in [-0.15, -0.1) is 0 Å². The van der Waals surface area contributed by atoms with Crippen LogP contribution in [0.25, 0.3) is 33.7 Å². The van der Waals surface area contributed by atoms with E-state index in [0.29, 0.717) is 6.61 Å². The predicted octanol–water partition coefficient (Wildman–Crippen LogP) is 7.86. The third-order valence-electron chi connectivity index (χ3n) is 5.84. The molecule has 3 unspecified atom stereocenters. The van der Waals surface area contributed by atoms with Gasteiger partial charge in [-0.2, -0.15) is 0 Å². The van der Waals surface area contributed by atoms with E-state index in [4.69, 9.17) is 8.37 Å². The molecular formula is C29H24O2S2. The van der Waals surface area contributed by atoms with Gasteiger partial charge in [0, 0.05) is 9.79 Å². The summed E-state index contributed by atoms with van der Waals surface area (Å²) < 4.78 is 12.9. The Labute approximate surface area is 199 Å². The molecule has 2 aliphatic heterocycles. The number of fused-ring (bicyclic) bond motifs is 4. The first-order valence-corrected chi connectivity index (χ1v) is 13.5. The molecule has 0 aromatic heterocycles. The molecule has 2 nitrogen and oxygen atoms in total.